The second-order valence-electron chi connectivity index (χ2n) is 6.25. The van der Waals surface area contributed by atoms with E-state index in [1.165, 1.54) is 0 Å². The van der Waals surface area contributed by atoms with Crippen molar-refractivity contribution in [3.8, 4) is 22.6 Å². The van der Waals surface area contributed by atoms with E-state index in [1.807, 2.05) is 36.4 Å². The first kappa shape index (κ1) is 18.3. The molecule has 142 valence electrons. The molecule has 0 aliphatic carbocycles. The van der Waals surface area contributed by atoms with Crippen molar-refractivity contribution in [2.24, 2.45) is 0 Å². The van der Waals surface area contributed by atoms with Crippen molar-refractivity contribution < 1.29 is 9.47 Å². The van der Waals surface area contributed by atoms with E-state index in [-0.39, 0.29) is 0 Å². The number of ether oxygens (including phenoxy) is 2. The highest BCUT2D eigenvalue weighted by Gasteiger charge is 2.14. The molecule has 4 aromatic rings. The van der Waals surface area contributed by atoms with Crippen LogP contribution in [0.3, 0.4) is 0 Å². The number of hydrogen-bond acceptors (Lipinski definition) is 6. The first-order valence-electron chi connectivity index (χ1n) is 9.15. The van der Waals surface area contributed by atoms with E-state index in [1.54, 1.807) is 24.8 Å². The summed E-state index contributed by atoms with van der Waals surface area (Å²) in [5, 5.41) is 6.57. The first-order chi connectivity index (χ1) is 13.8. The van der Waals surface area contributed by atoms with Crippen LogP contribution in [0.5, 0.6) is 11.5 Å². The molecule has 0 aliphatic rings. The van der Waals surface area contributed by atoms with E-state index < -0.39 is 0 Å². The molecule has 2 aromatic heterocycles. The molecule has 0 bridgehead atoms. The van der Waals surface area contributed by atoms with Crippen molar-refractivity contribution in [1.82, 2.24) is 9.97 Å². The zero-order valence-electron chi connectivity index (χ0n) is 15.8. The number of thiophene rings is 1. The molecule has 0 fully saturated rings. The molecule has 6 heteroatoms. The van der Waals surface area contributed by atoms with Gasteiger partial charge in [0.15, 0.2) is 0 Å². The Morgan fingerprint density at radius 1 is 1.04 bits per heavy atom. The standard InChI is InChI=1S/C22H21N3O2S/c1-3-12-27-19-7-5-4-6-18(19)25-21-20-17(13-28-22(20)24-14-23-21)15-8-10-16(26-2)11-9-15/h4-11,13-14H,3,12H2,1-2H3,(H,23,24,25). The Kier molecular flexibility index (Phi) is 5.39. The van der Waals surface area contributed by atoms with Crippen molar-refractivity contribution >= 4 is 33.1 Å². The average molecular weight is 391 g/mol. The maximum atomic E-state index is 5.88. The third-order valence-corrected chi connectivity index (χ3v) is 5.26. The summed E-state index contributed by atoms with van der Waals surface area (Å²) in [7, 11) is 1.67. The number of nitrogens with one attached hydrogen (secondary N) is 1. The number of para-hydroxylation sites is 2. The maximum absolute atomic E-state index is 5.88. The molecule has 5 nitrogen and oxygen atoms in total. The molecule has 4 rings (SSSR count). The number of nitrogens with zero attached hydrogens (tertiary/aromatic N) is 2. The van der Waals surface area contributed by atoms with E-state index in [2.05, 4.69) is 39.7 Å². The molecule has 0 spiro atoms. The summed E-state index contributed by atoms with van der Waals surface area (Å²) in [4.78, 5) is 9.91. The summed E-state index contributed by atoms with van der Waals surface area (Å²) >= 11 is 1.61. The van der Waals surface area contributed by atoms with Gasteiger partial charge in [-0.3, -0.25) is 0 Å². The van der Waals surface area contributed by atoms with Crippen LogP contribution in [0, 0.1) is 0 Å². The molecule has 0 atom stereocenters. The fourth-order valence-corrected chi connectivity index (χ4v) is 3.90. The van der Waals surface area contributed by atoms with Gasteiger partial charge in [-0.2, -0.15) is 0 Å². The Hall–Kier alpha value is -3.12. The van der Waals surface area contributed by atoms with Gasteiger partial charge in [-0.15, -0.1) is 11.3 Å². The van der Waals surface area contributed by atoms with Gasteiger partial charge in [0.2, 0.25) is 0 Å². The molecule has 0 saturated carbocycles. The van der Waals surface area contributed by atoms with E-state index in [0.29, 0.717) is 6.61 Å². The van der Waals surface area contributed by atoms with Crippen LogP contribution < -0.4 is 14.8 Å². The second kappa shape index (κ2) is 8.27. The molecule has 2 aromatic carbocycles. The van der Waals surface area contributed by atoms with Gasteiger partial charge >= 0.3 is 0 Å². The van der Waals surface area contributed by atoms with E-state index in [0.717, 1.165) is 50.8 Å². The van der Waals surface area contributed by atoms with Crippen molar-refractivity contribution in [3.63, 3.8) is 0 Å². The lowest BCUT2D eigenvalue weighted by molar-refractivity contribution is 0.319. The predicted molar refractivity (Wildman–Crippen MR) is 115 cm³/mol. The van der Waals surface area contributed by atoms with Gasteiger partial charge in [0, 0.05) is 10.9 Å². The van der Waals surface area contributed by atoms with Crippen LogP contribution in [0.2, 0.25) is 0 Å². The number of benzene rings is 2. The number of methoxy groups -OCH3 is 1. The van der Waals surface area contributed by atoms with Crippen molar-refractivity contribution in [2.45, 2.75) is 13.3 Å². The van der Waals surface area contributed by atoms with Crippen LogP contribution in [0.25, 0.3) is 21.3 Å². The largest absolute Gasteiger partial charge is 0.497 e. The Bertz CT molecular complexity index is 1080. The van der Waals surface area contributed by atoms with Gasteiger partial charge in [0.25, 0.3) is 0 Å². The lowest BCUT2D eigenvalue weighted by Gasteiger charge is -2.13. The fraction of sp³-hybridized carbons (Fsp3) is 0.182. The van der Waals surface area contributed by atoms with Gasteiger partial charge in [-0.1, -0.05) is 31.2 Å². The minimum atomic E-state index is 0.674. The summed E-state index contributed by atoms with van der Waals surface area (Å²) in [6.07, 6.45) is 2.55. The maximum Gasteiger partial charge on any atom is 0.143 e. The first-order valence-corrected chi connectivity index (χ1v) is 10.0. The Balaban J connectivity index is 1.75. The van der Waals surface area contributed by atoms with Crippen LogP contribution >= 0.6 is 11.3 Å². The number of anilines is 2. The summed E-state index contributed by atoms with van der Waals surface area (Å²) in [6, 6.07) is 15.9. The molecule has 0 radical (unpaired) electrons. The quantitative estimate of drug-likeness (QED) is 0.425. The summed E-state index contributed by atoms with van der Waals surface area (Å²) in [6.45, 7) is 2.77. The number of hydrogen-bond donors (Lipinski definition) is 1. The highest BCUT2D eigenvalue weighted by Crippen LogP contribution is 2.39. The minimum Gasteiger partial charge on any atom is -0.497 e. The predicted octanol–water partition coefficient (Wildman–Crippen LogP) is 5.90. The Morgan fingerprint density at radius 2 is 1.86 bits per heavy atom. The monoisotopic (exact) mass is 391 g/mol. The Labute approximate surface area is 168 Å². The molecular weight excluding hydrogens is 370 g/mol. The molecule has 0 saturated heterocycles. The van der Waals surface area contributed by atoms with Gasteiger partial charge in [0.1, 0.15) is 28.5 Å². The van der Waals surface area contributed by atoms with Gasteiger partial charge < -0.3 is 14.8 Å². The zero-order chi connectivity index (χ0) is 19.3. The van der Waals surface area contributed by atoms with Crippen LogP contribution in [-0.2, 0) is 0 Å². The van der Waals surface area contributed by atoms with Crippen LogP contribution in [-0.4, -0.2) is 23.7 Å². The van der Waals surface area contributed by atoms with Gasteiger partial charge in [-0.25, -0.2) is 9.97 Å². The molecule has 1 N–H and O–H groups in total. The molecule has 0 amide bonds. The van der Waals surface area contributed by atoms with Crippen molar-refractivity contribution in [3.05, 3.63) is 60.2 Å². The normalized spacial score (nSPS) is 10.8. The van der Waals surface area contributed by atoms with E-state index in [9.17, 15) is 0 Å². The summed E-state index contributed by atoms with van der Waals surface area (Å²) in [5.41, 5.74) is 3.08. The van der Waals surface area contributed by atoms with Crippen molar-refractivity contribution in [2.75, 3.05) is 19.0 Å². The van der Waals surface area contributed by atoms with E-state index in [4.69, 9.17) is 9.47 Å². The molecule has 2 heterocycles. The average Bonchev–Trinajstić information content (AvgIpc) is 3.18. The van der Waals surface area contributed by atoms with E-state index >= 15 is 0 Å². The van der Waals surface area contributed by atoms with Crippen LogP contribution in [0.4, 0.5) is 11.5 Å². The second-order valence-corrected chi connectivity index (χ2v) is 7.11. The fourth-order valence-electron chi connectivity index (χ4n) is 2.99. The number of fused-ring (bicyclic) bond motifs is 1. The lowest BCUT2D eigenvalue weighted by atomic mass is 10.1. The molecule has 0 unspecified atom stereocenters. The van der Waals surface area contributed by atoms with Crippen LogP contribution in [0.1, 0.15) is 13.3 Å². The topological polar surface area (TPSA) is 56.3 Å². The molecule has 0 aliphatic heterocycles. The number of aromatic nitrogens is 2. The minimum absolute atomic E-state index is 0.674. The summed E-state index contributed by atoms with van der Waals surface area (Å²) in [5.74, 6) is 2.42. The third kappa shape index (κ3) is 3.64. The molecular formula is C22H21N3O2S. The smallest absolute Gasteiger partial charge is 0.143 e. The Morgan fingerprint density at radius 3 is 2.64 bits per heavy atom. The molecule has 28 heavy (non-hydrogen) atoms. The lowest BCUT2D eigenvalue weighted by Crippen LogP contribution is -2.01. The summed E-state index contributed by atoms with van der Waals surface area (Å²) < 4.78 is 11.1. The van der Waals surface area contributed by atoms with Gasteiger partial charge in [-0.05, 0) is 36.2 Å². The number of rotatable bonds is 7. The SMILES string of the molecule is CCCOc1ccccc1Nc1ncnc2scc(-c3ccc(OC)cc3)c12. The highest BCUT2D eigenvalue weighted by molar-refractivity contribution is 7.17. The van der Waals surface area contributed by atoms with Crippen LogP contribution in [0.15, 0.2) is 60.2 Å². The van der Waals surface area contributed by atoms with Gasteiger partial charge in [0.05, 0.1) is 24.8 Å². The third-order valence-electron chi connectivity index (χ3n) is 4.37. The van der Waals surface area contributed by atoms with Crippen molar-refractivity contribution in [1.29, 1.82) is 0 Å². The highest BCUT2D eigenvalue weighted by atomic mass is 32.1. The zero-order valence-corrected chi connectivity index (χ0v) is 16.6.